The van der Waals surface area contributed by atoms with Crippen LogP contribution >= 0.6 is 0 Å². The topological polar surface area (TPSA) is 94.8 Å². The Balaban J connectivity index is 2.62. The third-order valence-corrected chi connectivity index (χ3v) is 7.10. The second kappa shape index (κ2) is 11.4. The summed E-state index contributed by atoms with van der Waals surface area (Å²) in [4.78, 5) is 23.7. The Morgan fingerprint density at radius 3 is 2.40 bits per heavy atom. The van der Waals surface area contributed by atoms with Gasteiger partial charge in [-0.1, -0.05) is 78.4 Å². The minimum absolute atomic E-state index is 0.129. The lowest BCUT2D eigenvalue weighted by Gasteiger charge is -2.31. The van der Waals surface area contributed by atoms with E-state index in [0.717, 1.165) is 44.9 Å². The fourth-order valence-electron chi connectivity index (χ4n) is 4.59. The van der Waals surface area contributed by atoms with E-state index in [1.54, 1.807) is 13.8 Å². The van der Waals surface area contributed by atoms with E-state index in [4.69, 9.17) is 5.11 Å². The molecule has 0 radical (unpaired) electrons. The molecule has 5 heteroatoms. The van der Waals surface area contributed by atoms with Gasteiger partial charge < -0.3 is 15.3 Å². The van der Waals surface area contributed by atoms with Gasteiger partial charge in [0.25, 0.3) is 0 Å². The zero-order valence-electron chi connectivity index (χ0n) is 19.7. The quantitative estimate of drug-likeness (QED) is 0.260. The maximum atomic E-state index is 12.6. The monoisotopic (exact) mass is 424 g/mol. The van der Waals surface area contributed by atoms with Crippen molar-refractivity contribution in [1.29, 1.82) is 0 Å². The maximum absolute atomic E-state index is 12.6. The molecule has 5 nitrogen and oxygen atoms in total. The lowest BCUT2D eigenvalue weighted by atomic mass is 9.73. The Hall–Kier alpha value is -1.20. The molecule has 1 saturated carbocycles. The second-order valence-corrected chi connectivity index (χ2v) is 10.4. The van der Waals surface area contributed by atoms with Gasteiger partial charge in [-0.3, -0.25) is 4.79 Å². The summed E-state index contributed by atoms with van der Waals surface area (Å²) in [6.07, 6.45) is 12.1. The van der Waals surface area contributed by atoms with Gasteiger partial charge in [0.05, 0.1) is 5.60 Å². The Labute approximate surface area is 183 Å². The predicted molar refractivity (Wildman–Crippen MR) is 120 cm³/mol. The SMILES string of the molecule is CCCCCCC(C)(O)C=C[C@H]1CCC(=O)[C@]1(C)CCCCC(C)(C)C(O)C(=O)O. The van der Waals surface area contributed by atoms with Gasteiger partial charge in [0, 0.05) is 17.3 Å². The molecule has 0 amide bonds. The number of aliphatic carboxylic acids is 1. The van der Waals surface area contributed by atoms with E-state index >= 15 is 0 Å². The van der Waals surface area contributed by atoms with Crippen LogP contribution in [0.1, 0.15) is 105 Å². The number of aliphatic hydroxyl groups is 2. The first-order valence-corrected chi connectivity index (χ1v) is 11.7. The molecule has 0 bridgehead atoms. The number of allylic oxidation sites excluding steroid dienone is 1. The van der Waals surface area contributed by atoms with Crippen molar-refractivity contribution in [3.05, 3.63) is 12.2 Å². The highest BCUT2D eigenvalue weighted by atomic mass is 16.4. The molecule has 0 spiro atoms. The average molecular weight is 425 g/mol. The lowest BCUT2D eigenvalue weighted by Crippen LogP contribution is -2.36. The van der Waals surface area contributed by atoms with Gasteiger partial charge >= 0.3 is 5.97 Å². The molecular formula is C25H44O5. The van der Waals surface area contributed by atoms with Crippen LogP contribution in [-0.2, 0) is 9.59 Å². The number of carboxylic acids is 1. The second-order valence-electron chi connectivity index (χ2n) is 10.4. The minimum atomic E-state index is -1.38. The smallest absolute Gasteiger partial charge is 0.333 e. The van der Waals surface area contributed by atoms with Crippen LogP contribution in [0.15, 0.2) is 12.2 Å². The van der Waals surface area contributed by atoms with Crippen molar-refractivity contribution in [2.75, 3.05) is 0 Å². The number of carbonyl (C=O) groups excluding carboxylic acids is 1. The van der Waals surface area contributed by atoms with Gasteiger partial charge in [-0.25, -0.2) is 4.79 Å². The Bertz CT molecular complexity index is 592. The summed E-state index contributed by atoms with van der Waals surface area (Å²) in [7, 11) is 0. The number of Topliss-reactive ketones (excluding diaryl/α,β-unsaturated/α-hetero) is 1. The van der Waals surface area contributed by atoms with E-state index in [1.165, 1.54) is 12.8 Å². The zero-order chi connectivity index (χ0) is 23.0. The molecule has 0 saturated heterocycles. The number of unbranched alkanes of at least 4 members (excludes halogenated alkanes) is 4. The van der Waals surface area contributed by atoms with Gasteiger partial charge in [-0.2, -0.15) is 0 Å². The highest BCUT2D eigenvalue weighted by molar-refractivity contribution is 5.87. The first-order chi connectivity index (χ1) is 13.9. The van der Waals surface area contributed by atoms with E-state index in [-0.39, 0.29) is 11.7 Å². The molecule has 0 heterocycles. The van der Waals surface area contributed by atoms with Crippen LogP contribution in [0.4, 0.5) is 0 Å². The molecule has 174 valence electrons. The molecular weight excluding hydrogens is 380 g/mol. The Morgan fingerprint density at radius 2 is 1.80 bits per heavy atom. The lowest BCUT2D eigenvalue weighted by molar-refractivity contribution is -0.153. The number of hydrogen-bond donors (Lipinski definition) is 3. The van der Waals surface area contributed by atoms with Crippen molar-refractivity contribution in [3.8, 4) is 0 Å². The van der Waals surface area contributed by atoms with Crippen molar-refractivity contribution < 1.29 is 24.9 Å². The molecule has 0 aliphatic heterocycles. The van der Waals surface area contributed by atoms with Crippen LogP contribution in [0.5, 0.6) is 0 Å². The van der Waals surface area contributed by atoms with Crippen LogP contribution in [0, 0.1) is 16.7 Å². The van der Waals surface area contributed by atoms with E-state index < -0.39 is 28.5 Å². The van der Waals surface area contributed by atoms with Gasteiger partial charge in [-0.05, 0) is 38.5 Å². The Morgan fingerprint density at radius 1 is 1.17 bits per heavy atom. The molecule has 4 atom stereocenters. The van der Waals surface area contributed by atoms with Crippen LogP contribution < -0.4 is 0 Å². The van der Waals surface area contributed by atoms with Gasteiger partial charge in [-0.15, -0.1) is 0 Å². The fourth-order valence-corrected chi connectivity index (χ4v) is 4.59. The van der Waals surface area contributed by atoms with Gasteiger partial charge in [0.2, 0.25) is 0 Å². The van der Waals surface area contributed by atoms with Gasteiger partial charge in [0.1, 0.15) is 5.78 Å². The Kier molecular flexibility index (Phi) is 10.2. The normalized spacial score (nSPS) is 25.6. The first kappa shape index (κ1) is 26.8. The van der Waals surface area contributed by atoms with E-state index in [0.29, 0.717) is 12.8 Å². The average Bonchev–Trinajstić information content (AvgIpc) is 2.94. The summed E-state index contributed by atoms with van der Waals surface area (Å²) >= 11 is 0. The molecule has 0 aromatic heterocycles. The van der Waals surface area contributed by atoms with Crippen molar-refractivity contribution in [1.82, 2.24) is 0 Å². The molecule has 0 aromatic carbocycles. The summed E-state index contributed by atoms with van der Waals surface area (Å²) in [6.45, 7) is 9.58. The minimum Gasteiger partial charge on any atom is -0.479 e. The summed E-state index contributed by atoms with van der Waals surface area (Å²) in [5, 5.41) is 29.6. The highest BCUT2D eigenvalue weighted by Crippen LogP contribution is 2.45. The first-order valence-electron chi connectivity index (χ1n) is 11.7. The van der Waals surface area contributed by atoms with Gasteiger partial charge in [0.15, 0.2) is 6.10 Å². The third kappa shape index (κ3) is 7.81. The summed E-state index contributed by atoms with van der Waals surface area (Å²) in [6, 6.07) is 0. The molecule has 1 aliphatic carbocycles. The number of aliphatic hydroxyl groups excluding tert-OH is 1. The third-order valence-electron chi connectivity index (χ3n) is 7.10. The molecule has 2 unspecified atom stereocenters. The highest BCUT2D eigenvalue weighted by Gasteiger charge is 2.44. The maximum Gasteiger partial charge on any atom is 0.333 e. The van der Waals surface area contributed by atoms with Crippen molar-refractivity contribution in [2.24, 2.45) is 16.7 Å². The molecule has 0 aromatic rings. The number of ketones is 1. The number of carbonyl (C=O) groups is 2. The van der Waals surface area contributed by atoms with Crippen LogP contribution in [0.25, 0.3) is 0 Å². The summed E-state index contributed by atoms with van der Waals surface area (Å²) in [5.74, 6) is -0.779. The molecule has 1 fully saturated rings. The van der Waals surface area contributed by atoms with E-state index in [9.17, 15) is 19.8 Å². The number of hydrogen-bond acceptors (Lipinski definition) is 4. The largest absolute Gasteiger partial charge is 0.479 e. The van der Waals surface area contributed by atoms with Crippen molar-refractivity contribution in [2.45, 2.75) is 117 Å². The summed E-state index contributed by atoms with van der Waals surface area (Å²) < 4.78 is 0. The van der Waals surface area contributed by atoms with Crippen LogP contribution in [-0.4, -0.2) is 38.8 Å². The number of carboxylic acid groups (broad SMARTS) is 1. The fraction of sp³-hybridized carbons (Fsp3) is 0.840. The standard InChI is InChI=1S/C25H44O5/c1-6-7-8-9-16-24(4,30)18-14-19-12-13-20(26)25(19,5)17-11-10-15-23(2,3)21(27)22(28)29/h14,18-19,21,27,30H,6-13,15-17H2,1-5H3,(H,28,29)/t19-,21?,24?,25-/m1/s1. The van der Waals surface area contributed by atoms with E-state index in [2.05, 4.69) is 13.0 Å². The molecule has 1 rings (SSSR count). The molecule has 1 aliphatic rings. The van der Waals surface area contributed by atoms with Crippen LogP contribution in [0.3, 0.4) is 0 Å². The zero-order valence-corrected chi connectivity index (χ0v) is 19.7. The predicted octanol–water partition coefficient (Wildman–Crippen LogP) is 5.28. The summed E-state index contributed by atoms with van der Waals surface area (Å²) in [5.41, 5.74) is -1.95. The van der Waals surface area contributed by atoms with Crippen LogP contribution in [0.2, 0.25) is 0 Å². The number of rotatable bonds is 14. The molecule has 3 N–H and O–H groups in total. The molecule has 30 heavy (non-hydrogen) atoms. The van der Waals surface area contributed by atoms with Crippen molar-refractivity contribution >= 4 is 11.8 Å². The van der Waals surface area contributed by atoms with E-state index in [1.807, 2.05) is 19.9 Å². The van der Waals surface area contributed by atoms with Crippen molar-refractivity contribution in [3.63, 3.8) is 0 Å².